The Morgan fingerprint density at radius 3 is 2.72 bits per heavy atom. The van der Waals surface area contributed by atoms with Crippen LogP contribution >= 0.6 is 0 Å². The first-order chi connectivity index (χ1) is 13.9. The first-order valence-electron chi connectivity index (χ1n) is 9.92. The number of ether oxygens (including phenoxy) is 1. The molecular weight excluding hydrogens is 366 g/mol. The normalized spacial score (nSPS) is 15.6. The van der Waals surface area contributed by atoms with E-state index in [1.807, 2.05) is 38.1 Å². The average Bonchev–Trinajstić information content (AvgIpc) is 3.16. The van der Waals surface area contributed by atoms with Crippen molar-refractivity contribution >= 4 is 11.7 Å². The molecule has 1 aliphatic heterocycles. The van der Waals surface area contributed by atoms with E-state index in [-0.39, 0.29) is 18.2 Å². The minimum atomic E-state index is -0.171. The first kappa shape index (κ1) is 20.7. The SMILES string of the molecule is COc1cccc(CN(CC2CC(c3ccc(C)cc3)=NO2)C(=O)NC(C)C)c1. The second kappa shape index (κ2) is 9.45. The number of hydrogen-bond donors (Lipinski definition) is 1. The molecule has 1 aliphatic rings. The van der Waals surface area contributed by atoms with Crippen molar-refractivity contribution in [2.45, 2.75) is 45.9 Å². The molecule has 154 valence electrons. The van der Waals surface area contributed by atoms with Gasteiger partial charge in [-0.15, -0.1) is 0 Å². The number of urea groups is 1. The largest absolute Gasteiger partial charge is 0.497 e. The molecular formula is C23H29N3O3. The molecule has 1 heterocycles. The van der Waals surface area contributed by atoms with E-state index in [9.17, 15) is 4.79 Å². The summed E-state index contributed by atoms with van der Waals surface area (Å²) in [5.74, 6) is 0.772. The van der Waals surface area contributed by atoms with Crippen molar-refractivity contribution in [3.05, 3.63) is 65.2 Å². The monoisotopic (exact) mass is 395 g/mol. The van der Waals surface area contributed by atoms with E-state index in [4.69, 9.17) is 9.57 Å². The van der Waals surface area contributed by atoms with Crippen molar-refractivity contribution in [3.63, 3.8) is 0 Å². The maximum Gasteiger partial charge on any atom is 0.318 e. The van der Waals surface area contributed by atoms with Gasteiger partial charge in [-0.05, 0) is 44.0 Å². The summed E-state index contributed by atoms with van der Waals surface area (Å²) in [5, 5.41) is 7.24. The van der Waals surface area contributed by atoms with Gasteiger partial charge in [0.05, 0.1) is 19.4 Å². The maximum atomic E-state index is 12.8. The van der Waals surface area contributed by atoms with Gasteiger partial charge >= 0.3 is 6.03 Å². The molecule has 0 aliphatic carbocycles. The summed E-state index contributed by atoms with van der Waals surface area (Å²) >= 11 is 0. The number of aryl methyl sites for hydroxylation is 1. The van der Waals surface area contributed by atoms with Crippen LogP contribution in [0.15, 0.2) is 53.7 Å². The minimum Gasteiger partial charge on any atom is -0.497 e. The molecule has 6 heteroatoms. The van der Waals surface area contributed by atoms with Crippen molar-refractivity contribution in [1.29, 1.82) is 0 Å². The fraction of sp³-hybridized carbons (Fsp3) is 0.391. The molecule has 2 amide bonds. The van der Waals surface area contributed by atoms with E-state index in [1.165, 1.54) is 5.56 Å². The summed E-state index contributed by atoms with van der Waals surface area (Å²) in [4.78, 5) is 20.2. The Bertz CT molecular complexity index is 862. The Morgan fingerprint density at radius 1 is 1.28 bits per heavy atom. The summed E-state index contributed by atoms with van der Waals surface area (Å²) in [5.41, 5.74) is 4.19. The van der Waals surface area contributed by atoms with E-state index >= 15 is 0 Å². The molecule has 1 N–H and O–H groups in total. The fourth-order valence-electron chi connectivity index (χ4n) is 3.24. The Morgan fingerprint density at radius 2 is 2.03 bits per heavy atom. The van der Waals surface area contributed by atoms with Crippen LogP contribution in [0.1, 0.15) is 37.0 Å². The van der Waals surface area contributed by atoms with Crippen LogP contribution in [0.2, 0.25) is 0 Å². The molecule has 0 saturated heterocycles. The molecule has 1 unspecified atom stereocenters. The lowest BCUT2D eigenvalue weighted by Crippen LogP contribution is -2.45. The molecule has 6 nitrogen and oxygen atoms in total. The van der Waals surface area contributed by atoms with Gasteiger partial charge in [-0.1, -0.05) is 47.1 Å². The third-order valence-electron chi connectivity index (χ3n) is 4.75. The number of amides is 2. The van der Waals surface area contributed by atoms with Crippen LogP contribution in [0.4, 0.5) is 4.79 Å². The van der Waals surface area contributed by atoms with Crippen LogP contribution in [0.25, 0.3) is 0 Å². The molecule has 0 bridgehead atoms. The van der Waals surface area contributed by atoms with Crippen LogP contribution in [0, 0.1) is 6.92 Å². The van der Waals surface area contributed by atoms with E-state index < -0.39 is 0 Å². The fourth-order valence-corrected chi connectivity index (χ4v) is 3.24. The molecule has 0 aromatic heterocycles. The van der Waals surface area contributed by atoms with E-state index in [1.54, 1.807) is 12.0 Å². The lowest BCUT2D eigenvalue weighted by Gasteiger charge is -2.26. The second-order valence-corrected chi connectivity index (χ2v) is 7.67. The van der Waals surface area contributed by atoms with Crippen molar-refractivity contribution < 1.29 is 14.4 Å². The van der Waals surface area contributed by atoms with E-state index in [2.05, 4.69) is 41.7 Å². The molecule has 2 aromatic rings. The third kappa shape index (κ3) is 5.73. The smallest absolute Gasteiger partial charge is 0.318 e. The van der Waals surface area contributed by atoms with Gasteiger partial charge in [0, 0.05) is 19.0 Å². The van der Waals surface area contributed by atoms with Gasteiger partial charge < -0.3 is 19.8 Å². The lowest BCUT2D eigenvalue weighted by molar-refractivity contribution is 0.0586. The molecule has 0 spiro atoms. The van der Waals surface area contributed by atoms with Gasteiger partial charge in [-0.2, -0.15) is 0 Å². The van der Waals surface area contributed by atoms with Crippen LogP contribution in [0.3, 0.4) is 0 Å². The zero-order valence-corrected chi connectivity index (χ0v) is 17.5. The van der Waals surface area contributed by atoms with E-state index in [0.29, 0.717) is 19.5 Å². The average molecular weight is 396 g/mol. The summed E-state index contributed by atoms with van der Waals surface area (Å²) in [6.07, 6.45) is 0.502. The highest BCUT2D eigenvalue weighted by Gasteiger charge is 2.27. The molecule has 0 saturated carbocycles. The number of oxime groups is 1. The van der Waals surface area contributed by atoms with Gasteiger partial charge in [0.1, 0.15) is 5.75 Å². The third-order valence-corrected chi connectivity index (χ3v) is 4.75. The van der Waals surface area contributed by atoms with Crippen LogP contribution < -0.4 is 10.1 Å². The second-order valence-electron chi connectivity index (χ2n) is 7.67. The lowest BCUT2D eigenvalue weighted by atomic mass is 10.0. The topological polar surface area (TPSA) is 63.2 Å². The van der Waals surface area contributed by atoms with Crippen molar-refractivity contribution in [3.8, 4) is 5.75 Å². The summed E-state index contributed by atoms with van der Waals surface area (Å²) in [7, 11) is 1.64. The molecule has 3 rings (SSSR count). The number of carbonyl (C=O) groups is 1. The summed E-state index contributed by atoms with van der Waals surface area (Å²) < 4.78 is 5.30. The first-order valence-corrected chi connectivity index (χ1v) is 9.92. The van der Waals surface area contributed by atoms with Gasteiger partial charge in [-0.3, -0.25) is 0 Å². The standard InChI is InChI=1S/C23H29N3O3/c1-16(2)24-23(27)26(14-18-6-5-7-20(12-18)28-4)15-21-13-22(25-29-21)19-10-8-17(3)9-11-19/h5-12,16,21H,13-15H2,1-4H3,(H,24,27). The molecule has 0 radical (unpaired) electrons. The summed E-state index contributed by atoms with van der Waals surface area (Å²) in [6, 6.07) is 15.9. The highest BCUT2D eigenvalue weighted by atomic mass is 16.6. The zero-order valence-electron chi connectivity index (χ0n) is 17.5. The van der Waals surface area contributed by atoms with Crippen LogP contribution in [-0.4, -0.2) is 42.4 Å². The van der Waals surface area contributed by atoms with Gasteiger partial charge in [-0.25, -0.2) is 4.79 Å². The summed E-state index contributed by atoms with van der Waals surface area (Å²) in [6.45, 7) is 6.88. The van der Waals surface area contributed by atoms with Crippen LogP contribution in [-0.2, 0) is 11.4 Å². The zero-order chi connectivity index (χ0) is 20.8. The molecule has 0 fully saturated rings. The maximum absolute atomic E-state index is 12.8. The molecule has 2 aromatic carbocycles. The number of rotatable bonds is 7. The highest BCUT2D eigenvalue weighted by molar-refractivity contribution is 6.01. The minimum absolute atomic E-state index is 0.0548. The predicted octanol–water partition coefficient (Wildman–Crippen LogP) is 4.12. The van der Waals surface area contributed by atoms with Crippen LogP contribution in [0.5, 0.6) is 5.75 Å². The van der Waals surface area contributed by atoms with Gasteiger partial charge in [0.25, 0.3) is 0 Å². The Hall–Kier alpha value is -3.02. The predicted molar refractivity (Wildman–Crippen MR) is 114 cm³/mol. The number of nitrogens with zero attached hydrogens (tertiary/aromatic N) is 2. The Labute approximate surface area is 172 Å². The highest BCUT2D eigenvalue weighted by Crippen LogP contribution is 2.20. The Balaban J connectivity index is 1.68. The molecule has 29 heavy (non-hydrogen) atoms. The van der Waals surface area contributed by atoms with Crippen molar-refractivity contribution in [1.82, 2.24) is 10.2 Å². The van der Waals surface area contributed by atoms with E-state index in [0.717, 1.165) is 22.6 Å². The number of carbonyl (C=O) groups excluding carboxylic acids is 1. The van der Waals surface area contributed by atoms with Gasteiger partial charge in [0.15, 0.2) is 6.10 Å². The number of benzene rings is 2. The quantitative estimate of drug-likeness (QED) is 0.767. The molecule has 1 atom stereocenters. The number of hydrogen-bond acceptors (Lipinski definition) is 4. The number of nitrogens with one attached hydrogen (secondary N) is 1. The Kier molecular flexibility index (Phi) is 6.75. The number of methoxy groups -OCH3 is 1. The van der Waals surface area contributed by atoms with Crippen molar-refractivity contribution in [2.24, 2.45) is 5.16 Å². The van der Waals surface area contributed by atoms with Gasteiger partial charge in [0.2, 0.25) is 0 Å². The van der Waals surface area contributed by atoms with Crippen molar-refractivity contribution in [2.75, 3.05) is 13.7 Å².